The number of alkyl carbamates (subject to hydrolysis) is 1. The van der Waals surface area contributed by atoms with Gasteiger partial charge in [-0.15, -0.1) is 0 Å². The Hall–Kier alpha value is -2.05. The van der Waals surface area contributed by atoms with Crippen LogP contribution in [0.1, 0.15) is 45.4 Å². The second kappa shape index (κ2) is 7.10. The molecular formula is C14H23N3O4. The highest BCUT2D eigenvalue weighted by atomic mass is 16.6. The quantitative estimate of drug-likeness (QED) is 0.743. The summed E-state index contributed by atoms with van der Waals surface area (Å²) in [5.41, 5.74) is 1.02. The number of nitrogens with zero attached hydrogens (tertiary/aromatic N) is 1. The van der Waals surface area contributed by atoms with Crippen LogP contribution in [0.3, 0.4) is 0 Å². The number of aryl methyl sites for hydroxylation is 1. The minimum atomic E-state index is -1.11. The number of aromatic nitrogens is 2. The number of carbonyl (C=O) groups excluding carboxylic acids is 1. The molecule has 1 heterocycles. The van der Waals surface area contributed by atoms with Gasteiger partial charge in [-0.25, -0.2) is 9.59 Å². The van der Waals surface area contributed by atoms with Crippen molar-refractivity contribution in [3.63, 3.8) is 0 Å². The molecule has 1 aromatic rings. The highest BCUT2D eigenvalue weighted by Gasteiger charge is 2.25. The molecule has 1 aromatic heterocycles. The van der Waals surface area contributed by atoms with Gasteiger partial charge in [-0.05, 0) is 32.8 Å². The summed E-state index contributed by atoms with van der Waals surface area (Å²) >= 11 is 0. The summed E-state index contributed by atoms with van der Waals surface area (Å²) in [5.74, 6) is -1.11. The zero-order valence-electron chi connectivity index (χ0n) is 12.9. The van der Waals surface area contributed by atoms with E-state index in [2.05, 4.69) is 15.5 Å². The number of aromatic amines is 1. The normalized spacial score (nSPS) is 12.8. The van der Waals surface area contributed by atoms with Gasteiger partial charge in [0, 0.05) is 12.1 Å². The third-order valence-corrected chi connectivity index (χ3v) is 2.72. The van der Waals surface area contributed by atoms with Gasteiger partial charge < -0.3 is 15.2 Å². The van der Waals surface area contributed by atoms with Crippen molar-refractivity contribution in [3.8, 4) is 0 Å². The van der Waals surface area contributed by atoms with Crippen molar-refractivity contribution in [2.45, 2.75) is 58.6 Å². The molecule has 1 unspecified atom stereocenters. The molecule has 7 nitrogen and oxygen atoms in total. The Balaban J connectivity index is 2.72. The Kier molecular flexibility index (Phi) is 5.75. The Morgan fingerprint density at radius 3 is 2.67 bits per heavy atom. The van der Waals surface area contributed by atoms with Crippen molar-refractivity contribution >= 4 is 12.1 Å². The topological polar surface area (TPSA) is 104 Å². The van der Waals surface area contributed by atoms with Crippen LogP contribution in [0.5, 0.6) is 0 Å². The monoisotopic (exact) mass is 297 g/mol. The first-order chi connectivity index (χ1) is 9.73. The predicted octanol–water partition coefficient (Wildman–Crippen LogP) is 1.88. The van der Waals surface area contributed by atoms with E-state index < -0.39 is 23.7 Å². The van der Waals surface area contributed by atoms with Crippen LogP contribution in [0.4, 0.5) is 4.79 Å². The Labute approximate surface area is 124 Å². The molecule has 0 saturated carbocycles. The summed E-state index contributed by atoms with van der Waals surface area (Å²) in [7, 11) is 0. The molecule has 0 fully saturated rings. The van der Waals surface area contributed by atoms with E-state index in [1.807, 2.05) is 6.92 Å². The summed E-state index contributed by atoms with van der Waals surface area (Å²) < 4.78 is 5.08. The molecule has 1 rings (SSSR count). The molecule has 0 radical (unpaired) electrons. The highest BCUT2D eigenvalue weighted by Crippen LogP contribution is 2.12. The van der Waals surface area contributed by atoms with Crippen LogP contribution in [0, 0.1) is 0 Å². The first-order valence-corrected chi connectivity index (χ1v) is 6.96. The number of carbonyl (C=O) groups is 2. The lowest BCUT2D eigenvalue weighted by molar-refractivity contribution is -0.139. The van der Waals surface area contributed by atoms with Crippen LogP contribution in [-0.2, 0) is 22.4 Å². The van der Waals surface area contributed by atoms with E-state index in [-0.39, 0.29) is 6.42 Å². The third-order valence-electron chi connectivity index (χ3n) is 2.72. The Bertz CT molecular complexity index is 491. The summed E-state index contributed by atoms with van der Waals surface area (Å²) in [6.07, 6.45) is 2.73. The van der Waals surface area contributed by atoms with Gasteiger partial charge in [-0.2, -0.15) is 5.10 Å². The van der Waals surface area contributed by atoms with Crippen molar-refractivity contribution in [2.75, 3.05) is 0 Å². The molecule has 118 valence electrons. The summed E-state index contributed by atoms with van der Waals surface area (Å²) in [4.78, 5) is 23.0. The van der Waals surface area contributed by atoms with Gasteiger partial charge in [0.1, 0.15) is 11.6 Å². The molecule has 0 aromatic carbocycles. The molecule has 21 heavy (non-hydrogen) atoms. The fraction of sp³-hybridized carbons (Fsp3) is 0.643. The predicted molar refractivity (Wildman–Crippen MR) is 77.1 cm³/mol. The van der Waals surface area contributed by atoms with Gasteiger partial charge in [-0.1, -0.05) is 13.3 Å². The average molecular weight is 297 g/mol. The standard InChI is InChI=1S/C14H23N3O4/c1-5-6-10-9(8-15-17-10)7-11(12(18)19)16-13(20)21-14(2,3)4/h8,11H,5-7H2,1-4H3,(H,15,17)(H,16,20)(H,18,19). The number of carboxylic acid groups (broad SMARTS) is 1. The molecule has 0 bridgehead atoms. The smallest absolute Gasteiger partial charge is 0.408 e. The van der Waals surface area contributed by atoms with E-state index in [9.17, 15) is 14.7 Å². The van der Waals surface area contributed by atoms with Crippen LogP contribution < -0.4 is 5.32 Å². The van der Waals surface area contributed by atoms with E-state index in [0.29, 0.717) is 0 Å². The number of nitrogens with one attached hydrogen (secondary N) is 2. The molecule has 1 amide bonds. The average Bonchev–Trinajstić information content (AvgIpc) is 2.73. The van der Waals surface area contributed by atoms with E-state index in [0.717, 1.165) is 24.1 Å². The number of rotatable bonds is 6. The van der Waals surface area contributed by atoms with Gasteiger partial charge >= 0.3 is 12.1 Å². The first kappa shape index (κ1) is 17.0. The SMILES string of the molecule is CCCc1[nH]ncc1CC(NC(=O)OC(C)(C)C)C(=O)O. The van der Waals surface area contributed by atoms with Crippen molar-refractivity contribution in [1.29, 1.82) is 0 Å². The van der Waals surface area contributed by atoms with Crippen LogP contribution in [0.15, 0.2) is 6.20 Å². The highest BCUT2D eigenvalue weighted by molar-refractivity contribution is 5.80. The fourth-order valence-electron chi connectivity index (χ4n) is 1.85. The number of ether oxygens (including phenoxy) is 1. The van der Waals surface area contributed by atoms with Crippen molar-refractivity contribution < 1.29 is 19.4 Å². The lowest BCUT2D eigenvalue weighted by atomic mass is 10.0. The maximum Gasteiger partial charge on any atom is 0.408 e. The van der Waals surface area contributed by atoms with Gasteiger partial charge in [-0.3, -0.25) is 5.10 Å². The number of aliphatic carboxylic acids is 1. The summed E-state index contributed by atoms with van der Waals surface area (Å²) in [6, 6.07) is -1.05. The molecule has 7 heteroatoms. The number of hydrogen-bond donors (Lipinski definition) is 3. The summed E-state index contributed by atoms with van der Waals surface area (Å²) in [6.45, 7) is 7.19. The second-order valence-corrected chi connectivity index (χ2v) is 5.86. The summed E-state index contributed by atoms with van der Waals surface area (Å²) in [5, 5.41) is 18.4. The zero-order valence-corrected chi connectivity index (χ0v) is 12.9. The maximum absolute atomic E-state index is 11.7. The van der Waals surface area contributed by atoms with Crippen LogP contribution in [0.25, 0.3) is 0 Å². The van der Waals surface area contributed by atoms with Crippen LogP contribution in [-0.4, -0.2) is 39.0 Å². The largest absolute Gasteiger partial charge is 0.480 e. The van der Waals surface area contributed by atoms with Gasteiger partial charge in [0.15, 0.2) is 0 Å². The number of carboxylic acids is 1. The fourth-order valence-corrected chi connectivity index (χ4v) is 1.85. The van der Waals surface area contributed by atoms with Crippen LogP contribution >= 0.6 is 0 Å². The minimum absolute atomic E-state index is 0.167. The molecular weight excluding hydrogens is 274 g/mol. The van der Waals surface area contributed by atoms with Crippen molar-refractivity contribution in [1.82, 2.24) is 15.5 Å². The van der Waals surface area contributed by atoms with E-state index in [1.54, 1.807) is 27.0 Å². The van der Waals surface area contributed by atoms with Gasteiger partial charge in [0.2, 0.25) is 0 Å². The van der Waals surface area contributed by atoms with Crippen molar-refractivity contribution in [2.24, 2.45) is 0 Å². The van der Waals surface area contributed by atoms with Gasteiger partial charge in [0.25, 0.3) is 0 Å². The van der Waals surface area contributed by atoms with Crippen LogP contribution in [0.2, 0.25) is 0 Å². The lowest BCUT2D eigenvalue weighted by Gasteiger charge is -2.22. The second-order valence-electron chi connectivity index (χ2n) is 5.86. The van der Waals surface area contributed by atoms with E-state index in [1.165, 1.54) is 0 Å². The molecule has 0 saturated heterocycles. The maximum atomic E-state index is 11.7. The first-order valence-electron chi connectivity index (χ1n) is 6.96. The molecule has 3 N–H and O–H groups in total. The van der Waals surface area contributed by atoms with Crippen molar-refractivity contribution in [3.05, 3.63) is 17.5 Å². The number of H-pyrrole nitrogens is 1. The Morgan fingerprint density at radius 1 is 1.48 bits per heavy atom. The zero-order chi connectivity index (χ0) is 16.0. The molecule has 0 aliphatic carbocycles. The Morgan fingerprint density at radius 2 is 2.14 bits per heavy atom. The minimum Gasteiger partial charge on any atom is -0.480 e. The third kappa shape index (κ3) is 5.85. The molecule has 0 aliphatic rings. The number of amides is 1. The number of hydrogen-bond acceptors (Lipinski definition) is 4. The molecule has 1 atom stereocenters. The molecule has 0 aliphatic heterocycles. The van der Waals surface area contributed by atoms with E-state index in [4.69, 9.17) is 4.74 Å². The molecule has 0 spiro atoms. The lowest BCUT2D eigenvalue weighted by Crippen LogP contribution is -2.44. The van der Waals surface area contributed by atoms with E-state index >= 15 is 0 Å². The van der Waals surface area contributed by atoms with Gasteiger partial charge in [0.05, 0.1) is 6.20 Å².